The number of aromatic nitrogens is 1. The van der Waals surface area contributed by atoms with E-state index >= 15 is 0 Å². The van der Waals surface area contributed by atoms with Gasteiger partial charge in [-0.15, -0.1) is 24.0 Å². The number of pyridine rings is 1. The number of aliphatic imine (C=N–C) groups is 1. The molecule has 2 fully saturated rings. The van der Waals surface area contributed by atoms with Crippen LogP contribution >= 0.6 is 24.0 Å². The van der Waals surface area contributed by atoms with Gasteiger partial charge in [0.25, 0.3) is 0 Å². The molecule has 2 heterocycles. The lowest BCUT2D eigenvalue weighted by Gasteiger charge is -2.48. The molecule has 1 saturated heterocycles. The number of hydrogen-bond acceptors (Lipinski definition) is 5. The first-order chi connectivity index (χ1) is 13.8. The lowest BCUT2D eigenvalue weighted by molar-refractivity contribution is -0.0352. The van der Waals surface area contributed by atoms with Crippen LogP contribution in [0.1, 0.15) is 44.6 Å². The Kier molecular flexibility index (Phi) is 10.4. The Balaban J connectivity index is 0.00000300. The fourth-order valence-electron chi connectivity index (χ4n) is 4.33. The minimum atomic E-state index is 0. The highest BCUT2D eigenvalue weighted by molar-refractivity contribution is 14.0. The van der Waals surface area contributed by atoms with Crippen molar-refractivity contribution in [3.8, 4) is 5.88 Å². The van der Waals surface area contributed by atoms with Crippen LogP contribution in [0.2, 0.25) is 0 Å². The molecular formula is C21H36IN5O2. The van der Waals surface area contributed by atoms with Gasteiger partial charge in [0.05, 0.1) is 19.8 Å². The summed E-state index contributed by atoms with van der Waals surface area (Å²) < 4.78 is 11.2. The summed E-state index contributed by atoms with van der Waals surface area (Å²) in [5, 5.41) is 7.01. The number of nitrogens with one attached hydrogen (secondary N) is 2. The first-order valence-corrected chi connectivity index (χ1v) is 10.6. The van der Waals surface area contributed by atoms with Crippen molar-refractivity contribution in [3.05, 3.63) is 23.9 Å². The maximum Gasteiger partial charge on any atom is 0.218 e. The topological polar surface area (TPSA) is 71.0 Å². The van der Waals surface area contributed by atoms with Gasteiger partial charge in [0, 0.05) is 50.5 Å². The summed E-state index contributed by atoms with van der Waals surface area (Å²) in [6, 6.07) is 3.97. The zero-order valence-corrected chi connectivity index (χ0v) is 20.1. The molecule has 0 unspecified atom stereocenters. The molecule has 164 valence electrons. The van der Waals surface area contributed by atoms with Gasteiger partial charge in [0.15, 0.2) is 5.96 Å². The number of nitrogens with zero attached hydrogens (tertiary/aromatic N) is 3. The molecule has 0 radical (unpaired) electrons. The van der Waals surface area contributed by atoms with Gasteiger partial charge >= 0.3 is 0 Å². The smallest absolute Gasteiger partial charge is 0.218 e. The van der Waals surface area contributed by atoms with Gasteiger partial charge in [0.1, 0.15) is 0 Å². The molecule has 0 amide bonds. The first kappa shape index (κ1) is 24.1. The largest absolute Gasteiger partial charge is 0.478 e. The van der Waals surface area contributed by atoms with Crippen LogP contribution in [0.4, 0.5) is 0 Å². The quantitative estimate of drug-likeness (QED) is 0.330. The number of rotatable bonds is 7. The van der Waals surface area contributed by atoms with E-state index in [1.807, 2.05) is 26.1 Å². The van der Waals surface area contributed by atoms with Gasteiger partial charge < -0.3 is 20.1 Å². The predicted octanol–water partition coefficient (Wildman–Crippen LogP) is 2.80. The lowest BCUT2D eigenvalue weighted by Crippen LogP contribution is -2.60. The van der Waals surface area contributed by atoms with E-state index in [4.69, 9.17) is 9.47 Å². The van der Waals surface area contributed by atoms with Crippen molar-refractivity contribution in [2.45, 2.75) is 51.1 Å². The molecule has 1 aliphatic heterocycles. The van der Waals surface area contributed by atoms with E-state index in [9.17, 15) is 0 Å². The fourth-order valence-corrected chi connectivity index (χ4v) is 4.33. The minimum absolute atomic E-state index is 0. The standard InChI is InChI=1S/C21H35N5O2.HI/c1-3-28-19-18(8-7-11-23-19)16-24-20(22-2)25-17-21(9-5-4-6-10-21)26-12-14-27-15-13-26;/h7-8,11H,3-6,9-10,12-17H2,1-2H3,(H2,22,24,25);1H. The Hall–Kier alpha value is -1.13. The Morgan fingerprint density at radius 3 is 2.69 bits per heavy atom. The van der Waals surface area contributed by atoms with E-state index < -0.39 is 0 Å². The first-order valence-electron chi connectivity index (χ1n) is 10.6. The van der Waals surface area contributed by atoms with E-state index in [0.717, 1.165) is 44.4 Å². The molecule has 2 N–H and O–H groups in total. The molecule has 1 aliphatic carbocycles. The molecule has 1 aromatic rings. The zero-order chi connectivity index (χ0) is 19.7. The van der Waals surface area contributed by atoms with Gasteiger partial charge in [-0.3, -0.25) is 9.89 Å². The molecule has 0 bridgehead atoms. The molecule has 3 rings (SSSR count). The molecule has 8 heteroatoms. The molecule has 1 aromatic heterocycles. The van der Waals surface area contributed by atoms with E-state index in [0.29, 0.717) is 19.0 Å². The average molecular weight is 517 g/mol. The van der Waals surface area contributed by atoms with E-state index in [1.165, 1.54) is 32.1 Å². The second-order valence-electron chi connectivity index (χ2n) is 7.56. The molecule has 2 aliphatic rings. The minimum Gasteiger partial charge on any atom is -0.478 e. The molecule has 7 nitrogen and oxygen atoms in total. The van der Waals surface area contributed by atoms with E-state index in [2.05, 4.69) is 25.5 Å². The van der Waals surface area contributed by atoms with Crippen molar-refractivity contribution in [2.75, 3.05) is 46.5 Å². The van der Waals surface area contributed by atoms with Crippen LogP contribution in [0.3, 0.4) is 0 Å². The summed E-state index contributed by atoms with van der Waals surface area (Å²) >= 11 is 0. The maximum absolute atomic E-state index is 5.62. The Morgan fingerprint density at radius 1 is 1.24 bits per heavy atom. The number of morpholine rings is 1. The van der Waals surface area contributed by atoms with Gasteiger partial charge in [-0.2, -0.15) is 0 Å². The summed E-state index contributed by atoms with van der Waals surface area (Å²) in [5.41, 5.74) is 1.25. The zero-order valence-electron chi connectivity index (χ0n) is 17.8. The van der Waals surface area contributed by atoms with Gasteiger partial charge in [0.2, 0.25) is 5.88 Å². The SMILES string of the molecule is CCOc1ncccc1CNC(=NC)NCC1(N2CCOCC2)CCCCC1.I. The number of ether oxygens (including phenoxy) is 2. The van der Waals surface area contributed by atoms with Crippen LogP contribution in [-0.4, -0.2) is 67.9 Å². The lowest BCUT2D eigenvalue weighted by atomic mass is 9.80. The Morgan fingerprint density at radius 2 is 2.00 bits per heavy atom. The fraction of sp³-hybridized carbons (Fsp3) is 0.714. The molecule has 0 aromatic carbocycles. The van der Waals surface area contributed by atoms with Crippen molar-refractivity contribution >= 4 is 29.9 Å². The van der Waals surface area contributed by atoms with Crippen molar-refractivity contribution in [1.29, 1.82) is 0 Å². The monoisotopic (exact) mass is 517 g/mol. The van der Waals surface area contributed by atoms with Crippen LogP contribution in [0.5, 0.6) is 5.88 Å². The molecule has 29 heavy (non-hydrogen) atoms. The van der Waals surface area contributed by atoms with Crippen LogP contribution in [0.25, 0.3) is 0 Å². The normalized spacial score (nSPS) is 19.9. The van der Waals surface area contributed by atoms with Crippen molar-refractivity contribution < 1.29 is 9.47 Å². The van der Waals surface area contributed by atoms with Crippen molar-refractivity contribution in [2.24, 2.45) is 4.99 Å². The van der Waals surface area contributed by atoms with E-state index in [1.54, 1.807) is 6.20 Å². The second-order valence-corrected chi connectivity index (χ2v) is 7.56. The van der Waals surface area contributed by atoms with Crippen molar-refractivity contribution in [3.63, 3.8) is 0 Å². The third-order valence-electron chi connectivity index (χ3n) is 5.85. The molecule has 1 saturated carbocycles. The Bertz CT molecular complexity index is 631. The predicted molar refractivity (Wildman–Crippen MR) is 127 cm³/mol. The highest BCUT2D eigenvalue weighted by Crippen LogP contribution is 2.33. The highest BCUT2D eigenvalue weighted by Gasteiger charge is 2.38. The molecule has 0 spiro atoms. The summed E-state index contributed by atoms with van der Waals surface area (Å²) in [5.74, 6) is 1.51. The second kappa shape index (κ2) is 12.5. The van der Waals surface area contributed by atoms with Gasteiger partial charge in [-0.25, -0.2) is 4.98 Å². The molecule has 0 atom stereocenters. The highest BCUT2D eigenvalue weighted by atomic mass is 127. The van der Waals surface area contributed by atoms with Crippen LogP contribution in [0.15, 0.2) is 23.3 Å². The summed E-state index contributed by atoms with van der Waals surface area (Å²) in [7, 11) is 1.82. The maximum atomic E-state index is 5.62. The summed E-state index contributed by atoms with van der Waals surface area (Å²) in [6.07, 6.45) is 8.20. The summed E-state index contributed by atoms with van der Waals surface area (Å²) in [4.78, 5) is 11.4. The number of hydrogen-bond donors (Lipinski definition) is 2. The van der Waals surface area contributed by atoms with Crippen molar-refractivity contribution in [1.82, 2.24) is 20.5 Å². The number of guanidine groups is 1. The Labute approximate surface area is 192 Å². The third kappa shape index (κ3) is 6.68. The van der Waals surface area contributed by atoms with Gasteiger partial charge in [-0.05, 0) is 25.8 Å². The van der Waals surface area contributed by atoms with Crippen LogP contribution < -0.4 is 15.4 Å². The van der Waals surface area contributed by atoms with Crippen LogP contribution in [-0.2, 0) is 11.3 Å². The van der Waals surface area contributed by atoms with Gasteiger partial charge in [-0.1, -0.05) is 25.3 Å². The summed E-state index contributed by atoms with van der Waals surface area (Å²) in [6.45, 7) is 7.88. The van der Waals surface area contributed by atoms with E-state index in [-0.39, 0.29) is 29.5 Å². The molecular weight excluding hydrogens is 481 g/mol. The third-order valence-corrected chi connectivity index (χ3v) is 5.85. The number of halogens is 1. The average Bonchev–Trinajstić information content (AvgIpc) is 2.76. The van der Waals surface area contributed by atoms with Crippen LogP contribution in [0, 0.1) is 0 Å².